The molecule has 1 atom stereocenters. The summed E-state index contributed by atoms with van der Waals surface area (Å²) in [6, 6.07) is -0.311. The van der Waals surface area contributed by atoms with Gasteiger partial charge in [0.25, 0.3) is 5.56 Å². The average molecular weight is 321 g/mol. The van der Waals surface area contributed by atoms with Crippen LogP contribution in [0, 0.1) is 0 Å². The van der Waals surface area contributed by atoms with E-state index in [1.807, 2.05) is 6.92 Å². The van der Waals surface area contributed by atoms with Crippen LogP contribution in [0.15, 0.2) is 26.0 Å². The van der Waals surface area contributed by atoms with Gasteiger partial charge in [0.15, 0.2) is 0 Å². The van der Waals surface area contributed by atoms with E-state index in [0.717, 1.165) is 4.57 Å². The maximum absolute atomic E-state index is 12.5. The third kappa shape index (κ3) is 2.00. The zero-order valence-electron chi connectivity index (χ0n) is 12.6. The lowest BCUT2D eigenvalue weighted by molar-refractivity contribution is 0.396. The first kappa shape index (κ1) is 14.6. The summed E-state index contributed by atoms with van der Waals surface area (Å²) in [6.07, 6.45) is 1.39. The quantitative estimate of drug-likeness (QED) is 0.766. The maximum Gasteiger partial charge on any atom is 0.331 e. The van der Waals surface area contributed by atoms with E-state index in [1.165, 1.54) is 36.8 Å². The molecule has 9 heteroatoms. The van der Waals surface area contributed by atoms with Gasteiger partial charge >= 0.3 is 5.69 Å². The van der Waals surface area contributed by atoms with E-state index in [9.17, 15) is 9.59 Å². The van der Waals surface area contributed by atoms with Crippen molar-refractivity contribution in [1.29, 1.82) is 0 Å². The topological polar surface area (TPSA) is 91.0 Å². The Kier molecular flexibility index (Phi) is 3.44. The predicted molar refractivity (Wildman–Crippen MR) is 81.7 cm³/mol. The Balaban J connectivity index is 2.32. The highest BCUT2D eigenvalue weighted by Gasteiger charge is 2.28. The van der Waals surface area contributed by atoms with Crippen molar-refractivity contribution < 1.29 is 4.74 Å². The molecule has 0 amide bonds. The molecule has 0 aliphatic carbocycles. The second-order valence-electron chi connectivity index (χ2n) is 4.96. The number of anilines is 1. The highest BCUT2D eigenvalue weighted by atomic mass is 32.2. The second kappa shape index (κ2) is 5.16. The summed E-state index contributed by atoms with van der Waals surface area (Å²) in [7, 11) is 4.64. The first-order chi connectivity index (χ1) is 10.5. The van der Waals surface area contributed by atoms with Crippen molar-refractivity contribution in [2.24, 2.45) is 14.1 Å². The Morgan fingerprint density at radius 3 is 2.68 bits per heavy atom. The van der Waals surface area contributed by atoms with E-state index in [1.54, 1.807) is 7.05 Å². The standard InChI is InChI=1S/C13H15N5O3S/c1-6-7-11(19)17(2)13(20)18(3)12(7)22-10-8(16-6)9(21-4)14-5-15-10/h5-6,16H,1-4H3/t6-/m0/s1. The van der Waals surface area contributed by atoms with Crippen molar-refractivity contribution in [3.05, 3.63) is 32.7 Å². The van der Waals surface area contributed by atoms with E-state index in [-0.39, 0.29) is 17.3 Å². The lowest BCUT2D eigenvalue weighted by Gasteiger charge is -2.17. The predicted octanol–water partition coefficient (Wildman–Crippen LogP) is 0.520. The largest absolute Gasteiger partial charge is 0.479 e. The minimum absolute atomic E-state index is 0.311. The van der Waals surface area contributed by atoms with Gasteiger partial charge in [-0.05, 0) is 18.7 Å². The summed E-state index contributed by atoms with van der Waals surface area (Å²) < 4.78 is 7.81. The molecule has 116 valence electrons. The number of hydrogen-bond donors (Lipinski definition) is 1. The van der Waals surface area contributed by atoms with Crippen LogP contribution in [0.1, 0.15) is 18.5 Å². The highest BCUT2D eigenvalue weighted by Crippen LogP contribution is 2.42. The van der Waals surface area contributed by atoms with Crippen LogP contribution in [0.3, 0.4) is 0 Å². The number of methoxy groups -OCH3 is 1. The fraction of sp³-hybridized carbons (Fsp3) is 0.385. The molecule has 0 saturated carbocycles. The Bertz CT molecular complexity index is 873. The number of rotatable bonds is 1. The van der Waals surface area contributed by atoms with Gasteiger partial charge in [0.1, 0.15) is 17.0 Å². The molecule has 1 aliphatic heterocycles. The van der Waals surface area contributed by atoms with Gasteiger partial charge < -0.3 is 10.1 Å². The molecule has 0 spiro atoms. The normalized spacial score (nSPS) is 16.3. The zero-order chi connectivity index (χ0) is 16.0. The summed E-state index contributed by atoms with van der Waals surface area (Å²) in [5.74, 6) is 0.402. The second-order valence-corrected chi connectivity index (χ2v) is 5.93. The summed E-state index contributed by atoms with van der Waals surface area (Å²) >= 11 is 1.26. The SMILES string of the molecule is COc1ncnc2c1N[C@@H](C)c1c(n(C)c(=O)n(C)c1=O)S2. The third-order valence-electron chi connectivity index (χ3n) is 3.60. The fourth-order valence-corrected chi connectivity index (χ4v) is 3.56. The first-order valence-corrected chi connectivity index (χ1v) is 7.40. The van der Waals surface area contributed by atoms with Gasteiger partial charge in [-0.1, -0.05) is 0 Å². The van der Waals surface area contributed by atoms with Gasteiger partial charge in [0.05, 0.1) is 23.7 Å². The fourth-order valence-electron chi connectivity index (χ4n) is 2.44. The average Bonchev–Trinajstić information content (AvgIpc) is 2.66. The van der Waals surface area contributed by atoms with E-state index in [2.05, 4.69) is 15.3 Å². The number of aromatic nitrogens is 4. The summed E-state index contributed by atoms with van der Waals surface area (Å²) in [5, 5.41) is 4.40. The molecule has 0 unspecified atom stereocenters. The van der Waals surface area contributed by atoms with Crippen molar-refractivity contribution in [3.63, 3.8) is 0 Å². The van der Waals surface area contributed by atoms with Crippen molar-refractivity contribution in [3.8, 4) is 5.88 Å². The van der Waals surface area contributed by atoms with E-state index in [0.29, 0.717) is 27.2 Å². The van der Waals surface area contributed by atoms with Crippen LogP contribution in [-0.4, -0.2) is 26.2 Å². The third-order valence-corrected chi connectivity index (χ3v) is 4.79. The molecular weight excluding hydrogens is 306 g/mol. The molecule has 8 nitrogen and oxygen atoms in total. The molecule has 1 aliphatic rings. The Morgan fingerprint density at radius 2 is 2.00 bits per heavy atom. The Labute approximate surface area is 130 Å². The molecule has 0 fully saturated rings. The molecule has 0 bridgehead atoms. The molecule has 0 radical (unpaired) electrons. The van der Waals surface area contributed by atoms with Crippen LogP contribution in [0.2, 0.25) is 0 Å². The van der Waals surface area contributed by atoms with Gasteiger partial charge in [0.2, 0.25) is 5.88 Å². The lowest BCUT2D eigenvalue weighted by Crippen LogP contribution is -2.40. The molecule has 0 aromatic carbocycles. The van der Waals surface area contributed by atoms with Crippen molar-refractivity contribution in [2.45, 2.75) is 23.0 Å². The molecule has 2 aromatic heterocycles. The smallest absolute Gasteiger partial charge is 0.331 e. The van der Waals surface area contributed by atoms with E-state index in [4.69, 9.17) is 4.74 Å². The molecular formula is C13H15N5O3S. The number of fused-ring (bicyclic) bond motifs is 2. The Morgan fingerprint density at radius 1 is 1.27 bits per heavy atom. The minimum Gasteiger partial charge on any atom is -0.479 e. The van der Waals surface area contributed by atoms with E-state index >= 15 is 0 Å². The molecule has 3 rings (SSSR count). The van der Waals surface area contributed by atoms with Crippen LogP contribution in [-0.2, 0) is 14.1 Å². The van der Waals surface area contributed by atoms with Gasteiger partial charge in [-0.25, -0.2) is 9.78 Å². The maximum atomic E-state index is 12.5. The van der Waals surface area contributed by atoms with Gasteiger partial charge in [-0.2, -0.15) is 4.98 Å². The monoisotopic (exact) mass is 321 g/mol. The molecule has 2 aromatic rings. The van der Waals surface area contributed by atoms with Crippen LogP contribution < -0.4 is 21.3 Å². The summed E-state index contributed by atoms with van der Waals surface area (Å²) in [5.41, 5.74) is 0.459. The van der Waals surface area contributed by atoms with Crippen molar-refractivity contribution in [1.82, 2.24) is 19.1 Å². The molecule has 0 saturated heterocycles. The number of hydrogen-bond acceptors (Lipinski definition) is 7. The minimum atomic E-state index is -0.368. The van der Waals surface area contributed by atoms with Crippen LogP contribution in [0.5, 0.6) is 5.88 Å². The van der Waals surface area contributed by atoms with Gasteiger partial charge in [-0.3, -0.25) is 13.9 Å². The first-order valence-electron chi connectivity index (χ1n) is 6.59. The zero-order valence-corrected chi connectivity index (χ0v) is 13.4. The van der Waals surface area contributed by atoms with Crippen LogP contribution in [0.25, 0.3) is 0 Å². The number of ether oxygens (including phenoxy) is 1. The summed E-state index contributed by atoms with van der Waals surface area (Å²) in [6.45, 7) is 1.85. The van der Waals surface area contributed by atoms with Crippen LogP contribution >= 0.6 is 11.8 Å². The van der Waals surface area contributed by atoms with Crippen molar-refractivity contribution in [2.75, 3.05) is 12.4 Å². The summed E-state index contributed by atoms with van der Waals surface area (Å²) in [4.78, 5) is 32.9. The number of nitrogens with zero attached hydrogens (tertiary/aromatic N) is 4. The highest BCUT2D eigenvalue weighted by molar-refractivity contribution is 7.99. The van der Waals surface area contributed by atoms with Gasteiger partial charge in [0, 0.05) is 14.1 Å². The van der Waals surface area contributed by atoms with Gasteiger partial charge in [-0.15, -0.1) is 0 Å². The van der Waals surface area contributed by atoms with Crippen molar-refractivity contribution >= 4 is 17.4 Å². The molecule has 3 heterocycles. The number of nitrogens with one attached hydrogen (secondary N) is 1. The van der Waals surface area contributed by atoms with Crippen LogP contribution in [0.4, 0.5) is 5.69 Å². The van der Waals surface area contributed by atoms with E-state index < -0.39 is 0 Å². The lowest BCUT2D eigenvalue weighted by atomic mass is 10.1. The Hall–Kier alpha value is -2.29. The molecule has 1 N–H and O–H groups in total. The molecule has 22 heavy (non-hydrogen) atoms.